The number of sulfone groups is 1. The first-order valence-electron chi connectivity index (χ1n) is 6.97. The molecule has 0 bridgehead atoms. The summed E-state index contributed by atoms with van der Waals surface area (Å²) in [6.07, 6.45) is 0. The van der Waals surface area contributed by atoms with Gasteiger partial charge in [-0.15, -0.1) is 0 Å². The standard InChI is InChI=1S/C15H18N2O3S/c1-11-10-21(19,20)7-6-17(11)15-8-12(9-18)16-14-5-3-2-4-13(14)15/h2-5,8,11,18H,6-7,9-10H2,1H3. The molecule has 1 aromatic carbocycles. The molecule has 112 valence electrons. The Morgan fingerprint density at radius 3 is 2.86 bits per heavy atom. The molecule has 2 heterocycles. The average molecular weight is 306 g/mol. The van der Waals surface area contributed by atoms with Crippen LogP contribution in [0.1, 0.15) is 12.6 Å². The van der Waals surface area contributed by atoms with E-state index < -0.39 is 9.84 Å². The average Bonchev–Trinajstić information content (AvgIpc) is 2.45. The highest BCUT2D eigenvalue weighted by atomic mass is 32.2. The van der Waals surface area contributed by atoms with Gasteiger partial charge < -0.3 is 10.0 Å². The monoisotopic (exact) mass is 306 g/mol. The van der Waals surface area contributed by atoms with E-state index in [0.717, 1.165) is 16.6 Å². The largest absolute Gasteiger partial charge is 0.390 e. The van der Waals surface area contributed by atoms with Gasteiger partial charge in [0.15, 0.2) is 9.84 Å². The van der Waals surface area contributed by atoms with Crippen molar-refractivity contribution in [3.63, 3.8) is 0 Å². The van der Waals surface area contributed by atoms with Crippen LogP contribution in [-0.2, 0) is 16.4 Å². The van der Waals surface area contributed by atoms with Gasteiger partial charge in [-0.2, -0.15) is 0 Å². The Morgan fingerprint density at radius 2 is 2.14 bits per heavy atom. The predicted octanol–water partition coefficient (Wildman–Crippen LogP) is 1.35. The molecule has 1 N–H and O–H groups in total. The van der Waals surface area contributed by atoms with Crippen LogP contribution in [0.25, 0.3) is 10.9 Å². The van der Waals surface area contributed by atoms with Crippen molar-refractivity contribution in [3.05, 3.63) is 36.0 Å². The highest BCUT2D eigenvalue weighted by Crippen LogP contribution is 2.30. The predicted molar refractivity (Wildman–Crippen MR) is 83.1 cm³/mol. The van der Waals surface area contributed by atoms with Crippen molar-refractivity contribution in [3.8, 4) is 0 Å². The first-order chi connectivity index (χ1) is 10.00. The Hall–Kier alpha value is -1.66. The van der Waals surface area contributed by atoms with Gasteiger partial charge in [0.2, 0.25) is 0 Å². The SMILES string of the molecule is CC1CS(=O)(=O)CCN1c1cc(CO)nc2ccccc12. The van der Waals surface area contributed by atoms with E-state index >= 15 is 0 Å². The summed E-state index contributed by atoms with van der Waals surface area (Å²) in [6, 6.07) is 9.51. The van der Waals surface area contributed by atoms with Gasteiger partial charge in [0.25, 0.3) is 0 Å². The van der Waals surface area contributed by atoms with Crippen molar-refractivity contribution in [2.75, 3.05) is 23.0 Å². The van der Waals surface area contributed by atoms with Crippen LogP contribution in [0.3, 0.4) is 0 Å². The minimum absolute atomic E-state index is 0.0823. The van der Waals surface area contributed by atoms with Crippen LogP contribution in [0.2, 0.25) is 0 Å². The number of hydrogen-bond acceptors (Lipinski definition) is 5. The molecule has 0 spiro atoms. The number of para-hydroxylation sites is 1. The number of pyridine rings is 1. The third kappa shape index (κ3) is 2.73. The molecule has 21 heavy (non-hydrogen) atoms. The van der Waals surface area contributed by atoms with E-state index in [2.05, 4.69) is 9.88 Å². The molecule has 1 saturated heterocycles. The second-order valence-corrected chi connectivity index (χ2v) is 7.69. The van der Waals surface area contributed by atoms with Crippen LogP contribution < -0.4 is 4.90 Å². The molecule has 1 fully saturated rings. The number of rotatable bonds is 2. The van der Waals surface area contributed by atoms with Crippen molar-refractivity contribution < 1.29 is 13.5 Å². The Kier molecular flexibility index (Phi) is 3.59. The van der Waals surface area contributed by atoms with Gasteiger partial charge in [-0.1, -0.05) is 18.2 Å². The first-order valence-corrected chi connectivity index (χ1v) is 8.79. The van der Waals surface area contributed by atoms with Crippen LogP contribution in [0.15, 0.2) is 30.3 Å². The zero-order valence-corrected chi connectivity index (χ0v) is 12.7. The normalized spacial score (nSPS) is 21.6. The molecule has 1 aliphatic rings. The van der Waals surface area contributed by atoms with Crippen LogP contribution in [-0.4, -0.2) is 42.6 Å². The zero-order valence-electron chi connectivity index (χ0n) is 11.9. The molecule has 0 radical (unpaired) electrons. The van der Waals surface area contributed by atoms with Crippen molar-refractivity contribution in [2.24, 2.45) is 0 Å². The van der Waals surface area contributed by atoms with Crippen LogP contribution in [0.4, 0.5) is 5.69 Å². The summed E-state index contributed by atoms with van der Waals surface area (Å²) in [5.74, 6) is 0.334. The number of anilines is 1. The lowest BCUT2D eigenvalue weighted by atomic mass is 10.1. The number of aliphatic hydroxyl groups excluding tert-OH is 1. The maximum atomic E-state index is 11.7. The third-order valence-electron chi connectivity index (χ3n) is 3.89. The maximum Gasteiger partial charge on any atom is 0.154 e. The summed E-state index contributed by atoms with van der Waals surface area (Å²) in [5, 5.41) is 10.4. The first kappa shape index (κ1) is 14.3. The van der Waals surface area contributed by atoms with Crippen molar-refractivity contribution >= 4 is 26.4 Å². The number of aromatic nitrogens is 1. The third-order valence-corrected chi connectivity index (χ3v) is 5.68. The molecule has 1 atom stereocenters. The van der Waals surface area contributed by atoms with Gasteiger partial charge in [0, 0.05) is 23.7 Å². The fourth-order valence-electron chi connectivity index (χ4n) is 2.89. The van der Waals surface area contributed by atoms with E-state index in [1.54, 1.807) is 0 Å². The lowest BCUT2D eigenvalue weighted by Gasteiger charge is -2.36. The zero-order chi connectivity index (χ0) is 15.0. The van der Waals surface area contributed by atoms with Crippen LogP contribution in [0.5, 0.6) is 0 Å². The van der Waals surface area contributed by atoms with Gasteiger partial charge in [0.05, 0.1) is 29.3 Å². The second-order valence-electron chi connectivity index (χ2n) is 5.46. The van der Waals surface area contributed by atoms with Crippen LogP contribution >= 0.6 is 0 Å². The van der Waals surface area contributed by atoms with Crippen LogP contribution in [0, 0.1) is 0 Å². The molecule has 0 amide bonds. The molecule has 3 rings (SSSR count). The lowest BCUT2D eigenvalue weighted by molar-refractivity contribution is 0.277. The Morgan fingerprint density at radius 1 is 1.38 bits per heavy atom. The van der Waals surface area contributed by atoms with Gasteiger partial charge in [-0.3, -0.25) is 4.98 Å². The number of fused-ring (bicyclic) bond motifs is 1. The fraction of sp³-hybridized carbons (Fsp3) is 0.400. The molecule has 1 aromatic heterocycles. The molecule has 6 heteroatoms. The highest BCUT2D eigenvalue weighted by Gasteiger charge is 2.29. The fourth-order valence-corrected chi connectivity index (χ4v) is 4.44. The summed E-state index contributed by atoms with van der Waals surface area (Å²) in [4.78, 5) is 6.51. The Labute approximate surface area is 124 Å². The summed E-state index contributed by atoms with van der Waals surface area (Å²) in [7, 11) is -2.95. The molecular formula is C15H18N2O3S. The second kappa shape index (κ2) is 5.27. The maximum absolute atomic E-state index is 11.7. The summed E-state index contributed by atoms with van der Waals surface area (Å²) in [5.41, 5.74) is 2.37. The minimum Gasteiger partial charge on any atom is -0.390 e. The summed E-state index contributed by atoms with van der Waals surface area (Å²) >= 11 is 0. The van der Waals surface area contributed by atoms with Crippen molar-refractivity contribution in [1.29, 1.82) is 0 Å². The molecular weight excluding hydrogens is 288 g/mol. The quantitative estimate of drug-likeness (QED) is 0.907. The highest BCUT2D eigenvalue weighted by molar-refractivity contribution is 7.91. The molecule has 0 aliphatic carbocycles. The number of hydrogen-bond donors (Lipinski definition) is 1. The van der Waals surface area contributed by atoms with E-state index in [1.807, 2.05) is 37.3 Å². The smallest absolute Gasteiger partial charge is 0.154 e. The Balaban J connectivity index is 2.11. The van der Waals surface area contributed by atoms with E-state index in [0.29, 0.717) is 12.2 Å². The lowest BCUT2D eigenvalue weighted by Crippen LogP contribution is -2.47. The topological polar surface area (TPSA) is 70.5 Å². The van der Waals surface area contributed by atoms with E-state index in [-0.39, 0.29) is 24.2 Å². The summed E-state index contributed by atoms with van der Waals surface area (Å²) in [6.45, 7) is 2.27. The van der Waals surface area contributed by atoms with Gasteiger partial charge >= 0.3 is 0 Å². The Bertz CT molecular complexity index is 774. The molecule has 2 aromatic rings. The minimum atomic E-state index is -2.95. The molecule has 1 aliphatic heterocycles. The summed E-state index contributed by atoms with van der Waals surface area (Å²) < 4.78 is 23.5. The molecule has 0 saturated carbocycles. The molecule has 1 unspecified atom stereocenters. The number of nitrogens with zero attached hydrogens (tertiary/aromatic N) is 2. The number of aliphatic hydroxyl groups is 1. The van der Waals surface area contributed by atoms with Gasteiger partial charge in [-0.25, -0.2) is 8.42 Å². The molecule has 5 nitrogen and oxygen atoms in total. The number of benzene rings is 1. The van der Waals surface area contributed by atoms with Crippen molar-refractivity contribution in [2.45, 2.75) is 19.6 Å². The van der Waals surface area contributed by atoms with Gasteiger partial charge in [-0.05, 0) is 19.1 Å². The van der Waals surface area contributed by atoms with Gasteiger partial charge in [0.1, 0.15) is 0 Å². The van der Waals surface area contributed by atoms with E-state index in [4.69, 9.17) is 0 Å². The van der Waals surface area contributed by atoms with Crippen molar-refractivity contribution in [1.82, 2.24) is 4.98 Å². The van der Waals surface area contributed by atoms with E-state index in [1.165, 1.54) is 0 Å². The van der Waals surface area contributed by atoms with E-state index in [9.17, 15) is 13.5 Å².